The van der Waals surface area contributed by atoms with Gasteiger partial charge in [-0.05, 0) is 26.3 Å². The zero-order valence-corrected chi connectivity index (χ0v) is 14.4. The number of nitrogens with one attached hydrogen (secondary N) is 1. The molecular formula is C17H28N4O2. The highest BCUT2D eigenvalue weighted by atomic mass is 16.5. The number of aromatic nitrogens is 2. The van der Waals surface area contributed by atoms with Gasteiger partial charge < -0.3 is 9.84 Å². The molecule has 2 heterocycles. The summed E-state index contributed by atoms with van der Waals surface area (Å²) in [6.07, 6.45) is 6.57. The smallest absolute Gasteiger partial charge is 0.244 e. The lowest BCUT2D eigenvalue weighted by Gasteiger charge is -2.22. The lowest BCUT2D eigenvalue weighted by Crippen LogP contribution is -2.40. The molecule has 1 aromatic rings. The molecule has 1 aliphatic carbocycles. The molecule has 2 aliphatic rings. The minimum Gasteiger partial charge on any atom is -0.352 e. The van der Waals surface area contributed by atoms with Crippen molar-refractivity contribution in [2.24, 2.45) is 5.92 Å². The van der Waals surface area contributed by atoms with E-state index in [0.717, 1.165) is 31.6 Å². The second-order valence-corrected chi connectivity index (χ2v) is 7.38. The monoisotopic (exact) mass is 320 g/mol. The van der Waals surface area contributed by atoms with E-state index in [2.05, 4.69) is 41.3 Å². The Labute approximate surface area is 138 Å². The van der Waals surface area contributed by atoms with E-state index in [1.807, 2.05) is 0 Å². The molecule has 0 unspecified atom stereocenters. The van der Waals surface area contributed by atoms with E-state index >= 15 is 0 Å². The van der Waals surface area contributed by atoms with Crippen LogP contribution < -0.4 is 5.32 Å². The summed E-state index contributed by atoms with van der Waals surface area (Å²) in [4.78, 5) is 19.1. The quantitative estimate of drug-likeness (QED) is 0.923. The maximum atomic E-state index is 12.4. The molecule has 1 N–H and O–H groups in total. The number of likely N-dealkylation sites (N-methyl/N-ethyl adjacent to an activating group) is 1. The third kappa shape index (κ3) is 3.74. The molecular weight excluding hydrogens is 292 g/mol. The molecule has 0 radical (unpaired) electrons. The largest absolute Gasteiger partial charge is 0.352 e. The first kappa shape index (κ1) is 16.4. The van der Waals surface area contributed by atoms with Gasteiger partial charge in [0.2, 0.25) is 11.8 Å². The van der Waals surface area contributed by atoms with Crippen molar-refractivity contribution in [3.05, 3.63) is 11.7 Å². The minimum absolute atomic E-state index is 0.103. The van der Waals surface area contributed by atoms with Crippen molar-refractivity contribution in [2.75, 3.05) is 13.6 Å². The predicted molar refractivity (Wildman–Crippen MR) is 86.9 cm³/mol. The third-order valence-electron chi connectivity index (χ3n) is 5.13. The fourth-order valence-corrected chi connectivity index (χ4v) is 3.69. The summed E-state index contributed by atoms with van der Waals surface area (Å²) < 4.78 is 5.43. The van der Waals surface area contributed by atoms with E-state index in [0.29, 0.717) is 5.89 Å². The highest BCUT2D eigenvalue weighted by molar-refractivity contribution is 5.79. The Morgan fingerprint density at radius 3 is 2.70 bits per heavy atom. The van der Waals surface area contributed by atoms with Gasteiger partial charge in [0.15, 0.2) is 5.82 Å². The molecule has 23 heavy (non-hydrogen) atoms. The molecule has 1 amide bonds. The predicted octanol–water partition coefficient (Wildman–Crippen LogP) is 2.63. The zero-order chi connectivity index (χ0) is 16.4. The van der Waals surface area contributed by atoms with E-state index in [1.54, 1.807) is 0 Å². The Kier molecular flexibility index (Phi) is 4.99. The van der Waals surface area contributed by atoms with Gasteiger partial charge in [0, 0.05) is 24.4 Å². The van der Waals surface area contributed by atoms with E-state index in [1.165, 1.54) is 19.3 Å². The average Bonchev–Trinajstić information content (AvgIpc) is 3.15. The fraction of sp³-hybridized carbons (Fsp3) is 0.824. The number of likely N-dealkylation sites (tertiary alicyclic amines) is 1. The van der Waals surface area contributed by atoms with Crippen LogP contribution in [0.4, 0.5) is 0 Å². The first-order valence-electron chi connectivity index (χ1n) is 8.88. The minimum atomic E-state index is 0.103. The SMILES string of the molecule is CC(C)c1noc([C@H]2C[C@H](NC(=O)C3CCCCC3)CN2C)n1. The molecule has 2 atom stereocenters. The molecule has 1 aromatic heterocycles. The Hall–Kier alpha value is -1.43. The van der Waals surface area contributed by atoms with Gasteiger partial charge in [-0.2, -0.15) is 4.98 Å². The highest BCUT2D eigenvalue weighted by Crippen LogP contribution is 2.31. The Balaban J connectivity index is 1.58. The molecule has 0 aromatic carbocycles. The van der Waals surface area contributed by atoms with Crippen LogP contribution in [-0.2, 0) is 4.79 Å². The van der Waals surface area contributed by atoms with Crippen molar-refractivity contribution in [3.8, 4) is 0 Å². The summed E-state index contributed by atoms with van der Waals surface area (Å²) in [7, 11) is 2.05. The summed E-state index contributed by atoms with van der Waals surface area (Å²) in [6, 6.07) is 0.278. The normalized spacial score (nSPS) is 26.8. The van der Waals surface area contributed by atoms with Crippen molar-refractivity contribution in [1.82, 2.24) is 20.4 Å². The molecule has 1 aliphatic heterocycles. The number of hydrogen-bond acceptors (Lipinski definition) is 5. The number of rotatable bonds is 4. The standard InChI is InChI=1S/C17H28N4O2/c1-11(2)15-19-17(23-20-15)14-9-13(10-21(14)3)18-16(22)12-7-5-4-6-8-12/h11-14H,4-10H2,1-3H3,(H,18,22)/t13-,14+/m0/s1. The van der Waals surface area contributed by atoms with Crippen molar-refractivity contribution in [3.63, 3.8) is 0 Å². The topological polar surface area (TPSA) is 71.3 Å². The second-order valence-electron chi connectivity index (χ2n) is 7.38. The van der Waals surface area contributed by atoms with E-state index in [-0.39, 0.29) is 29.8 Å². The Morgan fingerprint density at radius 2 is 2.04 bits per heavy atom. The van der Waals surface area contributed by atoms with Crippen LogP contribution in [0.15, 0.2) is 4.52 Å². The summed E-state index contributed by atoms with van der Waals surface area (Å²) in [5, 5.41) is 7.29. The second kappa shape index (κ2) is 6.99. The van der Waals surface area contributed by atoms with Crippen LogP contribution in [0.5, 0.6) is 0 Å². The molecule has 1 saturated carbocycles. The lowest BCUT2D eigenvalue weighted by atomic mass is 9.88. The van der Waals surface area contributed by atoms with Crippen LogP contribution in [-0.4, -0.2) is 40.6 Å². The molecule has 0 spiro atoms. The fourth-order valence-electron chi connectivity index (χ4n) is 3.69. The number of carbonyl (C=O) groups is 1. The molecule has 3 rings (SSSR count). The maximum Gasteiger partial charge on any atom is 0.244 e. The van der Waals surface area contributed by atoms with Crippen LogP contribution in [0.2, 0.25) is 0 Å². The summed E-state index contributed by atoms with van der Waals surface area (Å²) in [6.45, 7) is 4.95. The summed E-state index contributed by atoms with van der Waals surface area (Å²) in [5.41, 5.74) is 0. The first-order chi connectivity index (χ1) is 11.0. The Bertz CT molecular complexity index is 536. The van der Waals surface area contributed by atoms with Gasteiger partial charge in [-0.15, -0.1) is 0 Å². The van der Waals surface area contributed by atoms with Gasteiger partial charge in [-0.1, -0.05) is 38.3 Å². The summed E-state index contributed by atoms with van der Waals surface area (Å²) >= 11 is 0. The van der Waals surface area contributed by atoms with Crippen LogP contribution in [0.1, 0.15) is 76.0 Å². The first-order valence-corrected chi connectivity index (χ1v) is 8.88. The van der Waals surface area contributed by atoms with Gasteiger partial charge in [0.25, 0.3) is 0 Å². The number of carbonyl (C=O) groups excluding carboxylic acids is 1. The van der Waals surface area contributed by atoms with Crippen molar-refractivity contribution in [2.45, 2.75) is 70.4 Å². The number of hydrogen-bond donors (Lipinski definition) is 1. The number of nitrogens with zero attached hydrogens (tertiary/aromatic N) is 3. The average molecular weight is 320 g/mol. The van der Waals surface area contributed by atoms with Crippen LogP contribution in [0, 0.1) is 5.92 Å². The van der Waals surface area contributed by atoms with E-state index < -0.39 is 0 Å². The zero-order valence-electron chi connectivity index (χ0n) is 14.4. The van der Waals surface area contributed by atoms with Gasteiger partial charge in [0.1, 0.15) is 0 Å². The van der Waals surface area contributed by atoms with Crippen molar-refractivity contribution >= 4 is 5.91 Å². The molecule has 1 saturated heterocycles. The molecule has 6 nitrogen and oxygen atoms in total. The van der Waals surface area contributed by atoms with E-state index in [4.69, 9.17) is 4.52 Å². The molecule has 0 bridgehead atoms. The molecule has 6 heteroatoms. The maximum absolute atomic E-state index is 12.4. The van der Waals surface area contributed by atoms with Crippen LogP contribution in [0.25, 0.3) is 0 Å². The summed E-state index contributed by atoms with van der Waals surface area (Å²) in [5.74, 6) is 2.14. The molecule has 2 fully saturated rings. The molecule has 128 valence electrons. The van der Waals surface area contributed by atoms with Crippen LogP contribution >= 0.6 is 0 Å². The van der Waals surface area contributed by atoms with Gasteiger partial charge in [-0.3, -0.25) is 9.69 Å². The van der Waals surface area contributed by atoms with Crippen LogP contribution in [0.3, 0.4) is 0 Å². The Morgan fingerprint density at radius 1 is 1.30 bits per heavy atom. The third-order valence-corrected chi connectivity index (χ3v) is 5.13. The van der Waals surface area contributed by atoms with Gasteiger partial charge in [-0.25, -0.2) is 0 Å². The van der Waals surface area contributed by atoms with Crippen molar-refractivity contribution < 1.29 is 9.32 Å². The van der Waals surface area contributed by atoms with Gasteiger partial charge >= 0.3 is 0 Å². The van der Waals surface area contributed by atoms with E-state index in [9.17, 15) is 4.79 Å². The van der Waals surface area contributed by atoms with Gasteiger partial charge in [0.05, 0.1) is 6.04 Å². The highest BCUT2D eigenvalue weighted by Gasteiger charge is 2.36. The lowest BCUT2D eigenvalue weighted by molar-refractivity contribution is -0.126. The van der Waals surface area contributed by atoms with Crippen molar-refractivity contribution in [1.29, 1.82) is 0 Å². The number of amides is 1.